The molecule has 3 nitrogen and oxygen atoms in total. The van der Waals surface area contributed by atoms with E-state index < -0.39 is 17.6 Å². The smallest absolute Gasteiger partial charge is 0.416 e. The van der Waals surface area contributed by atoms with E-state index in [-0.39, 0.29) is 17.2 Å². The van der Waals surface area contributed by atoms with Crippen LogP contribution in [0.15, 0.2) is 42.5 Å². The monoisotopic (exact) mass is 322 g/mol. The van der Waals surface area contributed by atoms with E-state index in [0.717, 1.165) is 12.1 Å². The Labute approximate surface area is 128 Å². The molecule has 0 atom stereocenters. The number of nitrogens with zero attached hydrogens (tertiary/aromatic N) is 2. The van der Waals surface area contributed by atoms with Gasteiger partial charge in [-0.1, -0.05) is 18.2 Å². The second-order valence-corrected chi connectivity index (χ2v) is 4.77. The second-order valence-electron chi connectivity index (χ2n) is 4.77. The zero-order chi connectivity index (χ0) is 16.6. The number of aromatic nitrogens is 2. The van der Waals surface area contributed by atoms with Gasteiger partial charge in [-0.25, -0.2) is 9.37 Å². The lowest BCUT2D eigenvalue weighted by molar-refractivity contribution is -0.137. The van der Waals surface area contributed by atoms with E-state index in [0.29, 0.717) is 10.9 Å². The van der Waals surface area contributed by atoms with Gasteiger partial charge in [-0.15, -0.1) is 0 Å². The van der Waals surface area contributed by atoms with Crippen molar-refractivity contribution in [2.45, 2.75) is 6.18 Å². The van der Waals surface area contributed by atoms with Gasteiger partial charge < -0.3 is 4.74 Å². The molecule has 0 aliphatic heterocycles. The molecular weight excluding hydrogens is 312 g/mol. The maximum atomic E-state index is 13.9. The average Bonchev–Trinajstić information content (AvgIpc) is 2.54. The van der Waals surface area contributed by atoms with Crippen LogP contribution in [0.1, 0.15) is 5.56 Å². The number of alkyl halides is 3. The molecule has 0 bridgehead atoms. The van der Waals surface area contributed by atoms with E-state index >= 15 is 0 Å². The van der Waals surface area contributed by atoms with Gasteiger partial charge in [0.25, 0.3) is 0 Å². The number of benzene rings is 2. The maximum Gasteiger partial charge on any atom is 0.416 e. The van der Waals surface area contributed by atoms with E-state index in [2.05, 4.69) is 9.97 Å². The molecule has 0 unspecified atom stereocenters. The highest BCUT2D eigenvalue weighted by Gasteiger charge is 2.30. The average molecular weight is 322 g/mol. The standard InChI is InChI=1S/C16H10F4N2O/c1-23-15-11-3-2-4-12(17)13(11)21-14(22-15)9-5-7-10(8-6-9)16(18,19)20/h2-8H,1H3. The van der Waals surface area contributed by atoms with E-state index in [4.69, 9.17) is 4.74 Å². The molecule has 2 aromatic carbocycles. The molecule has 0 spiro atoms. The molecule has 118 valence electrons. The number of para-hydroxylation sites is 1. The van der Waals surface area contributed by atoms with Crippen molar-refractivity contribution >= 4 is 10.9 Å². The molecule has 0 saturated carbocycles. The molecule has 3 aromatic rings. The Morgan fingerprint density at radius 2 is 1.65 bits per heavy atom. The molecule has 3 rings (SSSR count). The molecule has 23 heavy (non-hydrogen) atoms. The van der Waals surface area contributed by atoms with Crippen LogP contribution in [0, 0.1) is 5.82 Å². The highest BCUT2D eigenvalue weighted by Crippen LogP contribution is 2.32. The Balaban J connectivity index is 2.15. The van der Waals surface area contributed by atoms with Gasteiger partial charge in [-0.05, 0) is 24.3 Å². The number of ether oxygens (including phenoxy) is 1. The zero-order valence-corrected chi connectivity index (χ0v) is 11.9. The third-order valence-electron chi connectivity index (χ3n) is 3.31. The van der Waals surface area contributed by atoms with Gasteiger partial charge in [0.05, 0.1) is 18.1 Å². The van der Waals surface area contributed by atoms with Crippen LogP contribution in [0.2, 0.25) is 0 Å². The molecule has 7 heteroatoms. The Bertz CT molecular complexity index is 860. The summed E-state index contributed by atoms with van der Waals surface area (Å²) < 4.78 is 56.9. The number of hydrogen-bond donors (Lipinski definition) is 0. The molecule has 0 amide bonds. The van der Waals surface area contributed by atoms with Gasteiger partial charge >= 0.3 is 6.18 Å². The van der Waals surface area contributed by atoms with E-state index in [1.165, 1.54) is 31.4 Å². The molecule has 0 fully saturated rings. The fourth-order valence-electron chi connectivity index (χ4n) is 2.18. The van der Waals surface area contributed by atoms with Gasteiger partial charge in [0.1, 0.15) is 11.3 Å². The van der Waals surface area contributed by atoms with Crippen LogP contribution < -0.4 is 4.74 Å². The van der Waals surface area contributed by atoms with E-state index in [1.807, 2.05) is 0 Å². The van der Waals surface area contributed by atoms with Crippen molar-refractivity contribution in [2.75, 3.05) is 7.11 Å². The zero-order valence-electron chi connectivity index (χ0n) is 11.9. The minimum Gasteiger partial charge on any atom is -0.480 e. The summed E-state index contributed by atoms with van der Waals surface area (Å²) in [6.07, 6.45) is -4.42. The number of fused-ring (bicyclic) bond motifs is 1. The van der Waals surface area contributed by atoms with Crippen molar-refractivity contribution in [1.82, 2.24) is 9.97 Å². The van der Waals surface area contributed by atoms with Crippen molar-refractivity contribution in [3.05, 3.63) is 53.8 Å². The molecule has 0 aliphatic rings. The van der Waals surface area contributed by atoms with E-state index in [1.54, 1.807) is 6.07 Å². The Morgan fingerprint density at radius 1 is 0.957 bits per heavy atom. The lowest BCUT2D eigenvalue weighted by atomic mass is 10.1. The van der Waals surface area contributed by atoms with Crippen LogP contribution in [0.4, 0.5) is 17.6 Å². The Morgan fingerprint density at radius 3 is 2.26 bits per heavy atom. The summed E-state index contributed by atoms with van der Waals surface area (Å²) in [6, 6.07) is 8.68. The van der Waals surface area contributed by atoms with Crippen LogP contribution in [-0.2, 0) is 6.18 Å². The molecule has 1 heterocycles. The van der Waals surface area contributed by atoms with Crippen molar-refractivity contribution in [3.63, 3.8) is 0 Å². The summed E-state index contributed by atoms with van der Waals surface area (Å²) >= 11 is 0. The van der Waals surface area contributed by atoms with Gasteiger partial charge in [0.15, 0.2) is 5.82 Å². The summed E-state index contributed by atoms with van der Waals surface area (Å²) in [5.41, 5.74) is -0.393. The summed E-state index contributed by atoms with van der Waals surface area (Å²) in [5, 5.41) is 0.392. The molecule has 0 N–H and O–H groups in total. The first kappa shape index (κ1) is 15.2. The first-order valence-corrected chi connectivity index (χ1v) is 6.58. The first-order chi connectivity index (χ1) is 10.9. The van der Waals surface area contributed by atoms with Crippen LogP contribution in [-0.4, -0.2) is 17.1 Å². The van der Waals surface area contributed by atoms with Crippen molar-refractivity contribution in [3.8, 4) is 17.3 Å². The highest BCUT2D eigenvalue weighted by atomic mass is 19.4. The summed E-state index contributed by atoms with van der Waals surface area (Å²) in [4.78, 5) is 8.24. The molecule has 0 saturated heterocycles. The van der Waals surface area contributed by atoms with Crippen molar-refractivity contribution in [1.29, 1.82) is 0 Å². The number of halogens is 4. The van der Waals surface area contributed by atoms with E-state index in [9.17, 15) is 17.6 Å². The first-order valence-electron chi connectivity index (χ1n) is 6.58. The number of hydrogen-bond acceptors (Lipinski definition) is 3. The second kappa shape index (κ2) is 5.49. The van der Waals surface area contributed by atoms with Gasteiger partial charge in [-0.3, -0.25) is 0 Å². The largest absolute Gasteiger partial charge is 0.480 e. The molecular formula is C16H10F4N2O. The molecule has 0 aliphatic carbocycles. The molecule has 0 radical (unpaired) electrons. The summed E-state index contributed by atoms with van der Waals surface area (Å²) in [7, 11) is 1.38. The highest BCUT2D eigenvalue weighted by molar-refractivity contribution is 5.85. The van der Waals surface area contributed by atoms with Crippen LogP contribution >= 0.6 is 0 Å². The quantitative estimate of drug-likeness (QED) is 0.653. The fraction of sp³-hybridized carbons (Fsp3) is 0.125. The van der Waals surface area contributed by atoms with Crippen molar-refractivity contribution in [2.24, 2.45) is 0 Å². The predicted octanol–water partition coefficient (Wildman–Crippen LogP) is 4.46. The molecule has 1 aromatic heterocycles. The fourth-order valence-corrected chi connectivity index (χ4v) is 2.18. The van der Waals surface area contributed by atoms with Crippen LogP contribution in [0.5, 0.6) is 5.88 Å². The number of rotatable bonds is 2. The number of methoxy groups -OCH3 is 1. The van der Waals surface area contributed by atoms with Gasteiger partial charge in [0, 0.05) is 5.56 Å². The maximum absolute atomic E-state index is 13.9. The summed E-state index contributed by atoms with van der Waals surface area (Å²) in [6.45, 7) is 0. The topological polar surface area (TPSA) is 35.0 Å². The third kappa shape index (κ3) is 2.81. The minimum absolute atomic E-state index is 0.0502. The van der Waals surface area contributed by atoms with Gasteiger partial charge in [0.2, 0.25) is 5.88 Å². The predicted molar refractivity (Wildman–Crippen MR) is 76.5 cm³/mol. The SMILES string of the molecule is COc1nc(-c2ccc(C(F)(F)F)cc2)nc2c(F)cccc12. The minimum atomic E-state index is -4.42. The Kier molecular flexibility index (Phi) is 3.63. The van der Waals surface area contributed by atoms with Gasteiger partial charge in [-0.2, -0.15) is 18.2 Å². The lowest BCUT2D eigenvalue weighted by Gasteiger charge is -2.09. The lowest BCUT2D eigenvalue weighted by Crippen LogP contribution is -2.04. The van der Waals surface area contributed by atoms with Crippen LogP contribution in [0.25, 0.3) is 22.3 Å². The van der Waals surface area contributed by atoms with Crippen molar-refractivity contribution < 1.29 is 22.3 Å². The normalized spacial score (nSPS) is 11.7. The Hall–Kier alpha value is -2.70. The van der Waals surface area contributed by atoms with Crippen LogP contribution in [0.3, 0.4) is 0 Å². The summed E-state index contributed by atoms with van der Waals surface area (Å²) in [5.74, 6) is -0.311. The third-order valence-corrected chi connectivity index (χ3v) is 3.31.